The summed E-state index contributed by atoms with van der Waals surface area (Å²) in [6, 6.07) is 12.1. The molecule has 1 aromatic carbocycles. The fourth-order valence-corrected chi connectivity index (χ4v) is 6.66. The van der Waals surface area contributed by atoms with Crippen molar-refractivity contribution in [3.05, 3.63) is 71.8 Å². The molecular formula is C28H33N3O4. The number of carbonyl (C=O) groups excluding carboxylic acids is 2. The number of fused-ring (bicyclic) bond motifs is 4. The molecule has 1 unspecified atom stereocenters. The number of benzene rings is 1. The van der Waals surface area contributed by atoms with Crippen LogP contribution in [0.1, 0.15) is 37.3 Å². The van der Waals surface area contributed by atoms with Crippen molar-refractivity contribution in [2.75, 3.05) is 32.2 Å². The van der Waals surface area contributed by atoms with E-state index in [1.807, 2.05) is 35.4 Å². The molecule has 3 aliphatic rings. The van der Waals surface area contributed by atoms with Crippen LogP contribution in [0.4, 0.5) is 5.69 Å². The Kier molecular flexibility index (Phi) is 6.36. The molecule has 7 nitrogen and oxygen atoms in total. The van der Waals surface area contributed by atoms with Crippen LogP contribution in [0.25, 0.3) is 0 Å². The molecule has 5 rings (SSSR count). The number of nitrogens with zero attached hydrogens (tertiary/aromatic N) is 3. The van der Waals surface area contributed by atoms with Crippen molar-refractivity contribution >= 4 is 17.6 Å². The Balaban J connectivity index is 1.55. The first-order valence-corrected chi connectivity index (χ1v) is 12.4. The molecule has 3 aliphatic heterocycles. The zero-order chi connectivity index (χ0) is 24.6. The molecule has 0 N–H and O–H groups in total. The van der Waals surface area contributed by atoms with Gasteiger partial charge in [-0.2, -0.15) is 0 Å². The van der Waals surface area contributed by atoms with Crippen LogP contribution in [0.15, 0.2) is 60.6 Å². The van der Waals surface area contributed by atoms with Gasteiger partial charge in [0.05, 0.1) is 38.0 Å². The summed E-state index contributed by atoms with van der Waals surface area (Å²) >= 11 is 0. The second-order valence-electron chi connectivity index (χ2n) is 9.81. The van der Waals surface area contributed by atoms with E-state index < -0.39 is 5.41 Å². The molecule has 184 valence electrons. The molecule has 1 amide bonds. The lowest BCUT2D eigenvalue weighted by atomic mass is 9.67. The van der Waals surface area contributed by atoms with Crippen molar-refractivity contribution in [2.45, 2.75) is 44.2 Å². The summed E-state index contributed by atoms with van der Waals surface area (Å²) < 4.78 is 10.4. The number of esters is 1. The zero-order valence-electron chi connectivity index (χ0n) is 20.6. The van der Waals surface area contributed by atoms with Crippen LogP contribution in [0.3, 0.4) is 0 Å². The average molecular weight is 476 g/mol. The van der Waals surface area contributed by atoms with E-state index in [9.17, 15) is 9.59 Å². The van der Waals surface area contributed by atoms with Gasteiger partial charge in [-0.05, 0) is 54.5 Å². The zero-order valence-corrected chi connectivity index (χ0v) is 20.6. The highest BCUT2D eigenvalue weighted by atomic mass is 16.5. The molecule has 0 saturated carbocycles. The molecule has 2 saturated heterocycles. The van der Waals surface area contributed by atoms with Gasteiger partial charge in [-0.15, -0.1) is 0 Å². The number of anilines is 1. The third-order valence-electron chi connectivity index (χ3n) is 8.27. The minimum Gasteiger partial charge on any atom is -0.504 e. The first-order chi connectivity index (χ1) is 17.0. The summed E-state index contributed by atoms with van der Waals surface area (Å²) in [5.41, 5.74) is 3.04. The fraction of sp³-hybridized carbons (Fsp3) is 0.464. The third-order valence-corrected chi connectivity index (χ3v) is 8.27. The van der Waals surface area contributed by atoms with E-state index >= 15 is 0 Å². The molecule has 2 aromatic rings. The van der Waals surface area contributed by atoms with E-state index in [4.69, 9.17) is 9.47 Å². The maximum Gasteiger partial charge on any atom is 0.337 e. The number of methoxy groups -OCH3 is 2. The number of rotatable bonds is 6. The van der Waals surface area contributed by atoms with Gasteiger partial charge in [0.2, 0.25) is 5.91 Å². The van der Waals surface area contributed by atoms with E-state index in [1.54, 1.807) is 13.3 Å². The molecule has 35 heavy (non-hydrogen) atoms. The molecule has 4 heterocycles. The van der Waals surface area contributed by atoms with Gasteiger partial charge in [0.1, 0.15) is 0 Å². The van der Waals surface area contributed by atoms with E-state index in [-0.39, 0.29) is 23.8 Å². The molecule has 7 heteroatoms. The Hall–Kier alpha value is -3.19. The lowest BCUT2D eigenvalue weighted by Gasteiger charge is -2.45. The monoisotopic (exact) mass is 475 g/mol. The standard InChI is InChI=1S/C28H33N3O4/c1-4-20-17-30-13-11-28(25(30)14-21(20)22(18-34-2)26(32)35-3)23-9-5-6-10-24(23)31(27(28)33)16-19-8-7-12-29-15-19/h5-10,12,15,18,20-21,25H,4,11,13-14,16-17H2,1-3H3/b22-18+/t20-,21-,25?,28+/m0/s1. The predicted molar refractivity (Wildman–Crippen MR) is 133 cm³/mol. The van der Waals surface area contributed by atoms with Crippen molar-refractivity contribution in [3.63, 3.8) is 0 Å². The van der Waals surface area contributed by atoms with Crippen LogP contribution in [0, 0.1) is 11.8 Å². The fourth-order valence-electron chi connectivity index (χ4n) is 6.66. The van der Waals surface area contributed by atoms with Crippen molar-refractivity contribution < 1.29 is 19.1 Å². The summed E-state index contributed by atoms with van der Waals surface area (Å²) in [6.07, 6.45) is 7.54. The number of amides is 1. The molecule has 0 bridgehead atoms. The SMILES string of the molecule is CC[C@H]1CN2CC[C@]3(C(=O)N(Cc4cccnc4)c4ccccc43)C2C[C@@H]1/C(=C\OC)C(=O)OC. The lowest BCUT2D eigenvalue weighted by molar-refractivity contribution is -0.137. The Bertz CT molecular complexity index is 1130. The number of aromatic nitrogens is 1. The minimum atomic E-state index is -0.621. The van der Waals surface area contributed by atoms with Crippen molar-refractivity contribution in [3.8, 4) is 0 Å². The van der Waals surface area contributed by atoms with Crippen LogP contribution in [0.5, 0.6) is 0 Å². The maximum atomic E-state index is 14.3. The largest absolute Gasteiger partial charge is 0.504 e. The third kappa shape index (κ3) is 3.73. The number of piperidine rings is 1. The van der Waals surface area contributed by atoms with Crippen LogP contribution in [0.2, 0.25) is 0 Å². The summed E-state index contributed by atoms with van der Waals surface area (Å²) in [7, 11) is 2.97. The van der Waals surface area contributed by atoms with E-state index in [0.717, 1.165) is 42.7 Å². The maximum absolute atomic E-state index is 14.3. The van der Waals surface area contributed by atoms with E-state index in [0.29, 0.717) is 24.5 Å². The summed E-state index contributed by atoms with van der Waals surface area (Å²) in [4.78, 5) is 35.7. The Morgan fingerprint density at radius 3 is 2.77 bits per heavy atom. The highest BCUT2D eigenvalue weighted by Gasteiger charge is 2.62. The number of hydrogen-bond acceptors (Lipinski definition) is 6. The Labute approximate surface area is 206 Å². The van der Waals surface area contributed by atoms with Crippen molar-refractivity contribution in [1.82, 2.24) is 9.88 Å². The van der Waals surface area contributed by atoms with Gasteiger partial charge in [-0.25, -0.2) is 4.79 Å². The van der Waals surface area contributed by atoms with E-state index in [1.165, 1.54) is 13.4 Å². The normalized spacial score (nSPS) is 28.2. The molecule has 0 aliphatic carbocycles. The van der Waals surface area contributed by atoms with Gasteiger partial charge in [-0.1, -0.05) is 37.6 Å². The second kappa shape index (κ2) is 9.46. The summed E-state index contributed by atoms with van der Waals surface area (Å²) in [5, 5.41) is 0. The summed E-state index contributed by atoms with van der Waals surface area (Å²) in [5.74, 6) is 0.0577. The Morgan fingerprint density at radius 1 is 1.23 bits per heavy atom. The predicted octanol–water partition coefficient (Wildman–Crippen LogP) is 3.69. The highest BCUT2D eigenvalue weighted by Crippen LogP contribution is 2.55. The number of para-hydroxylation sites is 1. The van der Waals surface area contributed by atoms with Gasteiger partial charge in [0, 0.05) is 30.7 Å². The number of hydrogen-bond donors (Lipinski definition) is 0. The number of carbonyl (C=O) groups is 2. The molecule has 4 atom stereocenters. The van der Waals surface area contributed by atoms with Gasteiger partial charge in [-0.3, -0.25) is 14.7 Å². The smallest absolute Gasteiger partial charge is 0.337 e. The topological polar surface area (TPSA) is 72.0 Å². The van der Waals surface area contributed by atoms with Gasteiger partial charge in [0.25, 0.3) is 0 Å². The first kappa shape index (κ1) is 23.5. The summed E-state index contributed by atoms with van der Waals surface area (Å²) in [6.45, 7) is 4.38. The molecule has 1 spiro atoms. The van der Waals surface area contributed by atoms with Crippen molar-refractivity contribution in [1.29, 1.82) is 0 Å². The molecule has 1 aromatic heterocycles. The quantitative estimate of drug-likeness (QED) is 0.361. The van der Waals surface area contributed by atoms with Gasteiger partial charge in [0.15, 0.2) is 0 Å². The van der Waals surface area contributed by atoms with Crippen LogP contribution in [-0.2, 0) is 31.0 Å². The van der Waals surface area contributed by atoms with Gasteiger partial charge < -0.3 is 14.4 Å². The molecule has 2 fully saturated rings. The Morgan fingerprint density at radius 2 is 2.06 bits per heavy atom. The highest BCUT2D eigenvalue weighted by molar-refractivity contribution is 6.09. The lowest BCUT2D eigenvalue weighted by Crippen LogP contribution is -2.54. The second-order valence-corrected chi connectivity index (χ2v) is 9.81. The van der Waals surface area contributed by atoms with E-state index in [2.05, 4.69) is 28.9 Å². The minimum absolute atomic E-state index is 0.00719. The van der Waals surface area contributed by atoms with Crippen LogP contribution >= 0.6 is 0 Å². The van der Waals surface area contributed by atoms with Crippen molar-refractivity contribution in [2.24, 2.45) is 11.8 Å². The average Bonchev–Trinajstić information content (AvgIpc) is 3.38. The number of pyridine rings is 1. The van der Waals surface area contributed by atoms with Crippen LogP contribution < -0.4 is 4.90 Å². The molecule has 0 radical (unpaired) electrons. The van der Waals surface area contributed by atoms with Gasteiger partial charge >= 0.3 is 5.97 Å². The molecular weight excluding hydrogens is 442 g/mol. The first-order valence-electron chi connectivity index (χ1n) is 12.4. The number of ether oxygens (including phenoxy) is 2. The van der Waals surface area contributed by atoms with Crippen LogP contribution in [-0.4, -0.2) is 55.1 Å².